The lowest BCUT2D eigenvalue weighted by Crippen LogP contribution is -2.51. The first-order chi connectivity index (χ1) is 8.15. The first-order valence-electron chi connectivity index (χ1n) is 5.54. The summed E-state index contributed by atoms with van der Waals surface area (Å²) in [5, 5.41) is 3.99. The largest absolute Gasteiger partial charge is 0.367 e. The third-order valence-electron chi connectivity index (χ3n) is 2.80. The van der Waals surface area contributed by atoms with Crippen LogP contribution in [0.1, 0.15) is 5.56 Å². The number of primary amides is 1. The molecular weight excluding hydrogens is 240 g/mol. The smallest absolute Gasteiger partial charge is 0.247 e. The van der Waals surface area contributed by atoms with Gasteiger partial charge in [0.25, 0.3) is 0 Å². The van der Waals surface area contributed by atoms with Gasteiger partial charge in [0, 0.05) is 17.6 Å². The zero-order chi connectivity index (χ0) is 12.3. The normalized spacial score (nSPS) is 24.5. The van der Waals surface area contributed by atoms with Gasteiger partial charge in [-0.2, -0.15) is 0 Å². The Morgan fingerprint density at radius 2 is 2.18 bits per heavy atom. The molecule has 1 aromatic rings. The Bertz CT molecular complexity index is 386. The molecule has 1 saturated heterocycles. The molecule has 0 saturated carbocycles. The number of morpholine rings is 1. The Hall–Kier alpha value is -1.10. The van der Waals surface area contributed by atoms with Crippen molar-refractivity contribution in [2.24, 2.45) is 5.73 Å². The first-order valence-corrected chi connectivity index (χ1v) is 5.91. The summed E-state index contributed by atoms with van der Waals surface area (Å²) in [5.74, 6) is -0.414. The van der Waals surface area contributed by atoms with Crippen molar-refractivity contribution in [1.29, 1.82) is 0 Å². The molecule has 5 heteroatoms. The van der Waals surface area contributed by atoms with Crippen molar-refractivity contribution in [3.63, 3.8) is 0 Å². The molecule has 0 aliphatic carbocycles. The molecule has 1 amide bonds. The second-order valence-corrected chi connectivity index (χ2v) is 4.60. The number of hydrogen-bond acceptors (Lipinski definition) is 3. The van der Waals surface area contributed by atoms with Crippen molar-refractivity contribution in [1.82, 2.24) is 5.32 Å². The summed E-state index contributed by atoms with van der Waals surface area (Å²) in [6.45, 7) is 0.976. The fourth-order valence-corrected chi connectivity index (χ4v) is 1.97. The van der Waals surface area contributed by atoms with Gasteiger partial charge in [-0.1, -0.05) is 23.7 Å². The van der Waals surface area contributed by atoms with Gasteiger partial charge < -0.3 is 15.8 Å². The van der Waals surface area contributed by atoms with Crippen LogP contribution in [0.4, 0.5) is 0 Å². The monoisotopic (exact) mass is 254 g/mol. The molecule has 2 rings (SSSR count). The van der Waals surface area contributed by atoms with E-state index in [4.69, 9.17) is 22.1 Å². The summed E-state index contributed by atoms with van der Waals surface area (Å²) in [5.41, 5.74) is 6.35. The van der Waals surface area contributed by atoms with Crippen LogP contribution in [0.2, 0.25) is 5.02 Å². The Morgan fingerprint density at radius 3 is 2.71 bits per heavy atom. The van der Waals surface area contributed by atoms with Crippen LogP contribution in [-0.4, -0.2) is 31.2 Å². The quantitative estimate of drug-likeness (QED) is 0.836. The van der Waals surface area contributed by atoms with Gasteiger partial charge in [-0.15, -0.1) is 0 Å². The zero-order valence-corrected chi connectivity index (χ0v) is 10.1. The van der Waals surface area contributed by atoms with Crippen LogP contribution >= 0.6 is 11.6 Å². The Kier molecular flexibility index (Phi) is 3.99. The lowest BCUT2D eigenvalue weighted by molar-refractivity contribution is -0.132. The summed E-state index contributed by atoms with van der Waals surface area (Å²) in [6.07, 6.45) is 0.347. The van der Waals surface area contributed by atoms with Gasteiger partial charge in [0.05, 0.1) is 6.61 Å². The van der Waals surface area contributed by atoms with Gasteiger partial charge in [0.1, 0.15) is 6.10 Å². The standard InChI is InChI=1S/C12H15ClN2O2/c13-9-3-1-8(2-4-9)5-10-7-17-11(6-15-10)12(14)16/h1-4,10-11,15H,5-7H2,(H2,14,16)/t10-,11-/m0/s1. The van der Waals surface area contributed by atoms with Crippen LogP contribution in [-0.2, 0) is 16.0 Å². The average Bonchev–Trinajstić information content (AvgIpc) is 2.33. The number of nitrogens with two attached hydrogens (primary N) is 1. The second kappa shape index (κ2) is 5.49. The van der Waals surface area contributed by atoms with Crippen LogP contribution in [0.3, 0.4) is 0 Å². The van der Waals surface area contributed by atoms with E-state index < -0.39 is 12.0 Å². The predicted molar refractivity (Wildman–Crippen MR) is 65.9 cm³/mol. The summed E-state index contributed by atoms with van der Waals surface area (Å²) >= 11 is 5.82. The van der Waals surface area contributed by atoms with Crippen LogP contribution in [0.25, 0.3) is 0 Å². The van der Waals surface area contributed by atoms with Crippen molar-refractivity contribution in [3.8, 4) is 0 Å². The number of hydrogen-bond donors (Lipinski definition) is 2. The molecule has 92 valence electrons. The molecule has 1 aliphatic rings. The molecule has 0 bridgehead atoms. The highest BCUT2D eigenvalue weighted by Gasteiger charge is 2.24. The lowest BCUT2D eigenvalue weighted by atomic mass is 10.1. The minimum absolute atomic E-state index is 0.215. The fourth-order valence-electron chi connectivity index (χ4n) is 1.84. The molecular formula is C12H15ClN2O2. The SMILES string of the molecule is NC(=O)[C@@H]1CN[C@@H](Cc2ccc(Cl)cc2)CO1. The Morgan fingerprint density at radius 1 is 1.47 bits per heavy atom. The summed E-state index contributed by atoms with van der Waals surface area (Å²) in [4.78, 5) is 10.9. The molecule has 1 fully saturated rings. The predicted octanol–water partition coefficient (Wildman–Crippen LogP) is 0.725. The topological polar surface area (TPSA) is 64.4 Å². The molecule has 2 atom stereocenters. The van der Waals surface area contributed by atoms with E-state index in [9.17, 15) is 4.79 Å². The van der Waals surface area contributed by atoms with Crippen molar-refractivity contribution >= 4 is 17.5 Å². The Labute approximate surface area is 105 Å². The van der Waals surface area contributed by atoms with Crippen molar-refractivity contribution in [3.05, 3.63) is 34.9 Å². The molecule has 0 aromatic heterocycles. The highest BCUT2D eigenvalue weighted by molar-refractivity contribution is 6.30. The number of halogens is 1. The van der Waals surface area contributed by atoms with E-state index in [2.05, 4.69) is 5.32 Å². The van der Waals surface area contributed by atoms with Crippen molar-refractivity contribution < 1.29 is 9.53 Å². The van der Waals surface area contributed by atoms with E-state index >= 15 is 0 Å². The highest BCUT2D eigenvalue weighted by Crippen LogP contribution is 2.12. The van der Waals surface area contributed by atoms with Crippen LogP contribution in [0.5, 0.6) is 0 Å². The van der Waals surface area contributed by atoms with Crippen LogP contribution in [0.15, 0.2) is 24.3 Å². The van der Waals surface area contributed by atoms with Gasteiger partial charge in [0.15, 0.2) is 0 Å². The second-order valence-electron chi connectivity index (χ2n) is 4.16. The van der Waals surface area contributed by atoms with Gasteiger partial charge in [0.2, 0.25) is 5.91 Å². The van der Waals surface area contributed by atoms with E-state index in [0.717, 1.165) is 11.4 Å². The van der Waals surface area contributed by atoms with E-state index in [0.29, 0.717) is 13.2 Å². The van der Waals surface area contributed by atoms with E-state index in [1.165, 1.54) is 5.56 Å². The van der Waals surface area contributed by atoms with E-state index in [1.807, 2.05) is 24.3 Å². The number of benzene rings is 1. The molecule has 0 spiro atoms. The zero-order valence-electron chi connectivity index (χ0n) is 9.36. The Balaban J connectivity index is 1.85. The molecule has 1 aliphatic heterocycles. The molecule has 3 N–H and O–H groups in total. The summed E-state index contributed by atoms with van der Waals surface area (Å²) < 4.78 is 5.38. The number of carbonyl (C=O) groups is 1. The average molecular weight is 255 g/mol. The number of nitrogens with one attached hydrogen (secondary N) is 1. The minimum atomic E-state index is -0.503. The van der Waals surface area contributed by atoms with Gasteiger partial charge in [-0.05, 0) is 24.1 Å². The highest BCUT2D eigenvalue weighted by atomic mass is 35.5. The summed E-state index contributed by atoms with van der Waals surface area (Å²) in [6, 6.07) is 7.93. The third kappa shape index (κ3) is 3.43. The van der Waals surface area contributed by atoms with Crippen molar-refractivity contribution in [2.75, 3.05) is 13.2 Å². The maximum absolute atomic E-state index is 10.9. The van der Waals surface area contributed by atoms with Crippen molar-refractivity contribution in [2.45, 2.75) is 18.6 Å². The van der Waals surface area contributed by atoms with E-state index in [1.54, 1.807) is 0 Å². The molecule has 1 aromatic carbocycles. The third-order valence-corrected chi connectivity index (χ3v) is 3.06. The van der Waals surface area contributed by atoms with Crippen LogP contribution < -0.4 is 11.1 Å². The van der Waals surface area contributed by atoms with Crippen LogP contribution in [0, 0.1) is 0 Å². The molecule has 1 heterocycles. The fraction of sp³-hybridized carbons (Fsp3) is 0.417. The van der Waals surface area contributed by atoms with Gasteiger partial charge in [-0.25, -0.2) is 0 Å². The maximum Gasteiger partial charge on any atom is 0.247 e. The molecule has 4 nitrogen and oxygen atoms in total. The van der Waals surface area contributed by atoms with E-state index in [-0.39, 0.29) is 6.04 Å². The van der Waals surface area contributed by atoms with Gasteiger partial charge in [-0.3, -0.25) is 4.79 Å². The first kappa shape index (κ1) is 12.4. The lowest BCUT2D eigenvalue weighted by Gasteiger charge is -2.28. The summed E-state index contributed by atoms with van der Waals surface area (Å²) in [7, 11) is 0. The number of amides is 1. The van der Waals surface area contributed by atoms with Gasteiger partial charge >= 0.3 is 0 Å². The maximum atomic E-state index is 10.9. The minimum Gasteiger partial charge on any atom is -0.367 e. The number of carbonyl (C=O) groups excluding carboxylic acids is 1. The molecule has 17 heavy (non-hydrogen) atoms. The number of rotatable bonds is 3. The molecule has 0 unspecified atom stereocenters. The number of ether oxygens (including phenoxy) is 1. The molecule has 0 radical (unpaired) electrons.